The summed E-state index contributed by atoms with van der Waals surface area (Å²) >= 11 is 1.75. The van der Waals surface area contributed by atoms with E-state index in [2.05, 4.69) is 0 Å². The number of hydrogen-bond acceptors (Lipinski definition) is 3. The Bertz CT molecular complexity index is 278. The van der Waals surface area contributed by atoms with E-state index in [1.54, 1.807) is 24.9 Å². The van der Waals surface area contributed by atoms with Gasteiger partial charge in [-0.05, 0) is 32.1 Å². The average molecular weight is 198 g/mol. The molecule has 0 amide bonds. The zero-order valence-electron chi connectivity index (χ0n) is 8.00. The number of thioether (sulfide) groups is 1. The molecule has 72 valence electrons. The van der Waals surface area contributed by atoms with E-state index in [1.807, 2.05) is 13.0 Å². The van der Waals surface area contributed by atoms with E-state index in [-0.39, 0.29) is 5.78 Å². The topological polar surface area (TPSA) is 30.2 Å². The van der Waals surface area contributed by atoms with Crippen LogP contribution >= 0.6 is 11.8 Å². The van der Waals surface area contributed by atoms with Crippen LogP contribution in [0.25, 0.3) is 0 Å². The van der Waals surface area contributed by atoms with Crippen molar-refractivity contribution < 1.29 is 9.21 Å². The van der Waals surface area contributed by atoms with Gasteiger partial charge in [0.05, 0.1) is 6.26 Å². The maximum atomic E-state index is 10.6. The minimum Gasteiger partial charge on any atom is -0.468 e. The molecule has 0 bridgehead atoms. The molecule has 0 saturated carbocycles. The van der Waals surface area contributed by atoms with Gasteiger partial charge in [-0.1, -0.05) is 0 Å². The zero-order valence-corrected chi connectivity index (χ0v) is 8.82. The Hall–Kier alpha value is -0.700. The minimum atomic E-state index is 0.268. The van der Waals surface area contributed by atoms with Gasteiger partial charge in [-0.3, -0.25) is 0 Å². The molecule has 1 aromatic heterocycles. The summed E-state index contributed by atoms with van der Waals surface area (Å²) in [5.41, 5.74) is 0. The number of aryl methyl sites for hydroxylation is 1. The lowest BCUT2D eigenvalue weighted by atomic mass is 10.3. The van der Waals surface area contributed by atoms with E-state index < -0.39 is 0 Å². The van der Waals surface area contributed by atoms with Crippen LogP contribution in [0.15, 0.2) is 21.6 Å². The maximum Gasteiger partial charge on any atom is 0.129 e. The first-order chi connectivity index (χ1) is 6.20. The monoisotopic (exact) mass is 198 g/mol. The average Bonchev–Trinajstić information content (AvgIpc) is 2.45. The first kappa shape index (κ1) is 10.4. The van der Waals surface area contributed by atoms with E-state index in [0.29, 0.717) is 6.42 Å². The van der Waals surface area contributed by atoms with Crippen molar-refractivity contribution in [3.63, 3.8) is 0 Å². The Labute approximate surface area is 82.7 Å². The highest BCUT2D eigenvalue weighted by molar-refractivity contribution is 7.99. The Morgan fingerprint density at radius 1 is 1.62 bits per heavy atom. The van der Waals surface area contributed by atoms with Crippen LogP contribution in [0, 0.1) is 6.92 Å². The van der Waals surface area contributed by atoms with Crippen LogP contribution < -0.4 is 0 Å². The number of Topliss-reactive ketones (excluding diaryl/α,β-unsaturated/α-hetero) is 1. The molecule has 0 aliphatic heterocycles. The van der Waals surface area contributed by atoms with Gasteiger partial charge in [0, 0.05) is 11.3 Å². The van der Waals surface area contributed by atoms with Crippen molar-refractivity contribution in [3.05, 3.63) is 18.1 Å². The molecule has 0 aliphatic carbocycles. The van der Waals surface area contributed by atoms with Crippen LogP contribution in [0.3, 0.4) is 0 Å². The third kappa shape index (κ3) is 3.68. The Morgan fingerprint density at radius 3 is 2.92 bits per heavy atom. The molecule has 0 radical (unpaired) electrons. The van der Waals surface area contributed by atoms with Gasteiger partial charge in [-0.25, -0.2) is 0 Å². The van der Waals surface area contributed by atoms with Gasteiger partial charge in [-0.2, -0.15) is 0 Å². The molecule has 1 rings (SSSR count). The molecule has 0 spiro atoms. The van der Waals surface area contributed by atoms with Crippen LogP contribution in [0.4, 0.5) is 0 Å². The van der Waals surface area contributed by atoms with Crippen molar-refractivity contribution in [1.29, 1.82) is 0 Å². The number of hydrogen-bond donors (Lipinski definition) is 0. The molecule has 1 aromatic rings. The molecule has 0 aromatic carbocycles. The highest BCUT2D eigenvalue weighted by Gasteiger charge is 2.01. The summed E-state index contributed by atoms with van der Waals surface area (Å²) in [5.74, 6) is 2.22. The molecule has 0 atom stereocenters. The van der Waals surface area contributed by atoms with Crippen LogP contribution in [0.5, 0.6) is 0 Å². The molecule has 0 unspecified atom stereocenters. The summed E-state index contributed by atoms with van der Waals surface area (Å²) in [4.78, 5) is 11.8. The first-order valence-electron chi connectivity index (χ1n) is 4.36. The second kappa shape index (κ2) is 5.12. The SMILES string of the molecule is CC(=O)CCCSc1ccoc1C. The van der Waals surface area contributed by atoms with E-state index in [1.165, 1.54) is 4.90 Å². The van der Waals surface area contributed by atoms with Crippen molar-refractivity contribution in [3.8, 4) is 0 Å². The van der Waals surface area contributed by atoms with Crippen LogP contribution in [0.2, 0.25) is 0 Å². The summed E-state index contributed by atoms with van der Waals surface area (Å²) in [6.07, 6.45) is 3.33. The molecule has 2 nitrogen and oxygen atoms in total. The fraction of sp³-hybridized carbons (Fsp3) is 0.500. The van der Waals surface area contributed by atoms with Crippen LogP contribution in [-0.4, -0.2) is 11.5 Å². The molecular formula is C10H14O2S. The van der Waals surface area contributed by atoms with Crippen molar-refractivity contribution in [2.45, 2.75) is 31.6 Å². The number of carbonyl (C=O) groups is 1. The van der Waals surface area contributed by atoms with Crippen molar-refractivity contribution in [2.75, 3.05) is 5.75 Å². The quantitative estimate of drug-likeness (QED) is 0.538. The molecule has 0 N–H and O–H groups in total. The molecule has 13 heavy (non-hydrogen) atoms. The zero-order chi connectivity index (χ0) is 9.68. The van der Waals surface area contributed by atoms with Crippen molar-refractivity contribution in [2.24, 2.45) is 0 Å². The molecule has 1 heterocycles. The molecule has 0 fully saturated rings. The lowest BCUT2D eigenvalue weighted by Gasteiger charge is -1.97. The van der Waals surface area contributed by atoms with Gasteiger partial charge in [0.25, 0.3) is 0 Å². The van der Waals surface area contributed by atoms with Crippen LogP contribution in [-0.2, 0) is 4.79 Å². The van der Waals surface area contributed by atoms with E-state index in [4.69, 9.17) is 4.42 Å². The molecule has 3 heteroatoms. The summed E-state index contributed by atoms with van der Waals surface area (Å²) in [6.45, 7) is 3.58. The normalized spacial score (nSPS) is 10.3. The summed E-state index contributed by atoms with van der Waals surface area (Å²) in [6, 6.07) is 1.97. The van der Waals surface area contributed by atoms with Gasteiger partial charge in [0.2, 0.25) is 0 Å². The van der Waals surface area contributed by atoms with Gasteiger partial charge in [0.1, 0.15) is 11.5 Å². The first-order valence-corrected chi connectivity index (χ1v) is 5.35. The number of furan rings is 1. The number of ketones is 1. The van der Waals surface area contributed by atoms with Crippen molar-refractivity contribution in [1.82, 2.24) is 0 Å². The maximum absolute atomic E-state index is 10.6. The third-order valence-electron chi connectivity index (χ3n) is 1.74. The van der Waals surface area contributed by atoms with Crippen molar-refractivity contribution >= 4 is 17.5 Å². The molecule has 0 aliphatic rings. The second-order valence-corrected chi connectivity index (χ2v) is 4.13. The Kier molecular flexibility index (Phi) is 4.09. The third-order valence-corrected chi connectivity index (χ3v) is 2.97. The largest absolute Gasteiger partial charge is 0.468 e. The highest BCUT2D eigenvalue weighted by atomic mass is 32.2. The molecule has 0 saturated heterocycles. The Morgan fingerprint density at radius 2 is 2.38 bits per heavy atom. The molecular weight excluding hydrogens is 184 g/mol. The highest BCUT2D eigenvalue weighted by Crippen LogP contribution is 2.23. The van der Waals surface area contributed by atoms with E-state index in [9.17, 15) is 4.79 Å². The minimum absolute atomic E-state index is 0.268. The predicted molar refractivity (Wildman–Crippen MR) is 54.1 cm³/mol. The number of rotatable bonds is 5. The fourth-order valence-corrected chi connectivity index (χ4v) is 1.94. The lowest BCUT2D eigenvalue weighted by molar-refractivity contribution is -0.117. The van der Waals surface area contributed by atoms with E-state index >= 15 is 0 Å². The smallest absolute Gasteiger partial charge is 0.129 e. The summed E-state index contributed by atoms with van der Waals surface area (Å²) in [7, 11) is 0. The van der Waals surface area contributed by atoms with Gasteiger partial charge in [0.15, 0.2) is 0 Å². The predicted octanol–water partition coefficient (Wildman–Crippen LogP) is 3.05. The van der Waals surface area contributed by atoms with Gasteiger partial charge >= 0.3 is 0 Å². The summed E-state index contributed by atoms with van der Waals surface area (Å²) in [5, 5.41) is 0. The fourth-order valence-electron chi connectivity index (χ4n) is 1.03. The van der Waals surface area contributed by atoms with E-state index in [0.717, 1.165) is 17.9 Å². The van der Waals surface area contributed by atoms with Crippen LogP contribution in [0.1, 0.15) is 25.5 Å². The van der Waals surface area contributed by atoms with Gasteiger partial charge in [-0.15, -0.1) is 11.8 Å². The Balaban J connectivity index is 2.20. The standard InChI is InChI=1S/C10H14O2S/c1-8(11)4-3-7-13-10-5-6-12-9(10)2/h5-6H,3-4,7H2,1-2H3. The second-order valence-electron chi connectivity index (χ2n) is 3.00. The lowest BCUT2D eigenvalue weighted by Crippen LogP contribution is -1.90. The van der Waals surface area contributed by atoms with Gasteiger partial charge < -0.3 is 9.21 Å². The summed E-state index contributed by atoms with van der Waals surface area (Å²) < 4.78 is 5.15. The number of carbonyl (C=O) groups excluding carboxylic acids is 1.